The van der Waals surface area contributed by atoms with E-state index in [9.17, 15) is 4.79 Å². The molecule has 6 atom stereocenters. The number of hydrogen-bond donors (Lipinski definition) is 0. The fourth-order valence-electron chi connectivity index (χ4n) is 8.05. The van der Waals surface area contributed by atoms with Crippen LogP contribution < -0.4 is 0 Å². The summed E-state index contributed by atoms with van der Waals surface area (Å²) in [4.78, 5) is 13.6. The molecule has 0 bridgehead atoms. The van der Waals surface area contributed by atoms with Crippen LogP contribution in [-0.2, 0) is 9.22 Å². The van der Waals surface area contributed by atoms with Crippen LogP contribution in [0.3, 0.4) is 0 Å². The van der Waals surface area contributed by atoms with Gasteiger partial charge in [-0.15, -0.1) is 0 Å². The van der Waals surface area contributed by atoms with Gasteiger partial charge in [0.15, 0.2) is 9.04 Å². The molecular weight excluding hydrogens is 360 g/mol. The van der Waals surface area contributed by atoms with Crippen LogP contribution >= 0.6 is 0 Å². The van der Waals surface area contributed by atoms with Crippen molar-refractivity contribution in [3.05, 3.63) is 11.6 Å². The smallest absolute Gasteiger partial charge is 0.171 e. The molecule has 3 heteroatoms. The summed E-state index contributed by atoms with van der Waals surface area (Å²) in [6.45, 7) is 14.0. The summed E-state index contributed by atoms with van der Waals surface area (Å²) >= 11 is 0. The SMILES string of the molecule is C[SiH](C)OC(C(C)(C)C)[C@]12CC[C@H]3[C@@H](CC=C4CCCC[C@@]43C)[C@@H]1CCC2=O. The summed E-state index contributed by atoms with van der Waals surface area (Å²) in [5, 5.41) is 0. The second kappa shape index (κ2) is 7.08. The first-order valence-corrected chi connectivity index (χ1v) is 14.8. The highest BCUT2D eigenvalue weighted by Crippen LogP contribution is 2.66. The summed E-state index contributed by atoms with van der Waals surface area (Å²) in [5.41, 5.74) is 1.97. The molecule has 158 valence electrons. The van der Waals surface area contributed by atoms with E-state index in [2.05, 4.69) is 46.9 Å². The molecule has 3 saturated carbocycles. The van der Waals surface area contributed by atoms with Gasteiger partial charge in [-0.1, -0.05) is 45.8 Å². The second-order valence-corrected chi connectivity index (χ2v) is 14.3. The van der Waals surface area contributed by atoms with Crippen LogP contribution in [0.2, 0.25) is 13.1 Å². The predicted octanol–water partition coefficient (Wildman–Crippen LogP) is 6.30. The van der Waals surface area contributed by atoms with Gasteiger partial charge >= 0.3 is 0 Å². The average Bonchev–Trinajstić information content (AvgIpc) is 2.95. The van der Waals surface area contributed by atoms with E-state index < -0.39 is 9.04 Å². The van der Waals surface area contributed by atoms with Gasteiger partial charge in [0.05, 0.1) is 11.5 Å². The Labute approximate surface area is 174 Å². The quantitative estimate of drug-likeness (QED) is 0.409. The summed E-state index contributed by atoms with van der Waals surface area (Å²) in [6, 6.07) is 0. The molecule has 0 aromatic heterocycles. The van der Waals surface area contributed by atoms with Gasteiger partial charge in [0.2, 0.25) is 0 Å². The minimum absolute atomic E-state index is 0.0206. The molecule has 2 nitrogen and oxygen atoms in total. The maximum absolute atomic E-state index is 13.6. The first-order chi connectivity index (χ1) is 13.1. The van der Waals surface area contributed by atoms with Gasteiger partial charge < -0.3 is 4.43 Å². The Hall–Kier alpha value is -0.413. The molecule has 0 amide bonds. The zero-order valence-electron chi connectivity index (χ0n) is 19.1. The van der Waals surface area contributed by atoms with Crippen LogP contribution in [-0.4, -0.2) is 20.9 Å². The molecule has 28 heavy (non-hydrogen) atoms. The highest BCUT2D eigenvalue weighted by Gasteiger charge is 2.64. The van der Waals surface area contributed by atoms with E-state index in [-0.39, 0.29) is 16.9 Å². The number of carbonyl (C=O) groups excluding carboxylic acids is 1. The first kappa shape index (κ1) is 20.8. The third-order valence-corrected chi connectivity index (χ3v) is 9.83. The number of fused-ring (bicyclic) bond motifs is 5. The normalized spacial score (nSPS) is 41.9. The average molecular weight is 403 g/mol. The zero-order valence-corrected chi connectivity index (χ0v) is 20.3. The molecule has 4 aliphatic carbocycles. The molecule has 4 rings (SSSR count). The van der Waals surface area contributed by atoms with E-state index in [4.69, 9.17) is 4.43 Å². The number of Topliss-reactive ketones (excluding diaryl/α,β-unsaturated/α-hetero) is 1. The van der Waals surface area contributed by atoms with Crippen LogP contribution in [0.15, 0.2) is 11.6 Å². The van der Waals surface area contributed by atoms with Crippen molar-refractivity contribution in [2.75, 3.05) is 0 Å². The standard InChI is InChI=1S/C25H42O2Si/c1-23(2,3)22(27-28(5)6)25-16-14-19-18(20(25)12-13-21(25)26)11-10-17-9-7-8-15-24(17,19)4/h10,18-20,22,28H,7-9,11-16H2,1-6H3/t18-,19+,20+,22?,24+,25-/m1/s1. The Morgan fingerprint density at radius 3 is 2.54 bits per heavy atom. The molecule has 0 aromatic rings. The summed E-state index contributed by atoms with van der Waals surface area (Å²) < 4.78 is 6.74. The van der Waals surface area contributed by atoms with Crippen LogP contribution in [0.5, 0.6) is 0 Å². The molecule has 0 radical (unpaired) electrons. The highest BCUT2D eigenvalue weighted by molar-refractivity contribution is 6.48. The van der Waals surface area contributed by atoms with Crippen LogP contribution in [0.4, 0.5) is 0 Å². The van der Waals surface area contributed by atoms with Crippen molar-refractivity contribution in [2.45, 2.75) is 105 Å². The van der Waals surface area contributed by atoms with E-state index in [1.807, 2.05) is 0 Å². The largest absolute Gasteiger partial charge is 0.416 e. The van der Waals surface area contributed by atoms with E-state index in [0.29, 0.717) is 23.0 Å². The predicted molar refractivity (Wildman–Crippen MR) is 119 cm³/mol. The molecule has 4 aliphatic rings. The number of hydrogen-bond acceptors (Lipinski definition) is 2. The van der Waals surface area contributed by atoms with E-state index in [1.54, 1.807) is 5.57 Å². The topological polar surface area (TPSA) is 26.3 Å². The monoisotopic (exact) mass is 402 g/mol. The van der Waals surface area contributed by atoms with Crippen LogP contribution in [0.25, 0.3) is 0 Å². The Kier molecular flexibility index (Phi) is 5.27. The minimum atomic E-state index is -1.22. The summed E-state index contributed by atoms with van der Waals surface area (Å²) in [5.74, 6) is 2.55. The molecular formula is C25H42O2Si. The summed E-state index contributed by atoms with van der Waals surface area (Å²) in [6.07, 6.45) is 13.6. The number of ketones is 1. The molecule has 0 N–H and O–H groups in total. The van der Waals surface area contributed by atoms with Crippen LogP contribution in [0.1, 0.15) is 85.5 Å². The minimum Gasteiger partial charge on any atom is -0.416 e. The van der Waals surface area contributed by atoms with Gasteiger partial charge in [0.25, 0.3) is 0 Å². The van der Waals surface area contributed by atoms with Gasteiger partial charge in [0.1, 0.15) is 5.78 Å². The van der Waals surface area contributed by atoms with Crippen molar-refractivity contribution in [1.29, 1.82) is 0 Å². The lowest BCUT2D eigenvalue weighted by Gasteiger charge is -2.59. The van der Waals surface area contributed by atoms with E-state index in [1.165, 1.54) is 38.5 Å². The Morgan fingerprint density at radius 1 is 1.11 bits per heavy atom. The van der Waals surface area contributed by atoms with Gasteiger partial charge in [-0.2, -0.15) is 0 Å². The van der Waals surface area contributed by atoms with E-state index in [0.717, 1.165) is 25.2 Å². The zero-order chi connectivity index (χ0) is 20.3. The van der Waals surface area contributed by atoms with Crippen molar-refractivity contribution in [2.24, 2.45) is 34.0 Å². The first-order valence-electron chi connectivity index (χ1n) is 12.0. The maximum atomic E-state index is 13.6. The molecule has 0 saturated heterocycles. The molecule has 1 unspecified atom stereocenters. The molecule has 0 heterocycles. The van der Waals surface area contributed by atoms with Gasteiger partial charge in [-0.3, -0.25) is 4.79 Å². The maximum Gasteiger partial charge on any atom is 0.171 e. The third kappa shape index (κ3) is 3.02. The molecule has 0 aliphatic heterocycles. The third-order valence-electron chi connectivity index (χ3n) is 9.01. The lowest BCUT2D eigenvalue weighted by Crippen LogP contribution is -2.59. The lowest BCUT2D eigenvalue weighted by atomic mass is 9.46. The summed E-state index contributed by atoms with van der Waals surface area (Å²) in [7, 11) is -1.22. The number of allylic oxidation sites excluding steroid dienone is 2. The molecule has 0 aromatic carbocycles. The van der Waals surface area contributed by atoms with Crippen molar-refractivity contribution in [3.8, 4) is 0 Å². The van der Waals surface area contributed by atoms with Crippen molar-refractivity contribution in [3.63, 3.8) is 0 Å². The fourth-order valence-corrected chi connectivity index (χ4v) is 9.24. The van der Waals surface area contributed by atoms with Gasteiger partial charge in [0, 0.05) is 6.42 Å². The lowest BCUT2D eigenvalue weighted by molar-refractivity contribution is -0.155. The Bertz CT molecular complexity index is 660. The van der Waals surface area contributed by atoms with Gasteiger partial charge in [-0.05, 0) is 86.6 Å². The van der Waals surface area contributed by atoms with Crippen LogP contribution in [0, 0.1) is 34.0 Å². The van der Waals surface area contributed by atoms with E-state index >= 15 is 0 Å². The van der Waals surface area contributed by atoms with Crippen molar-refractivity contribution < 1.29 is 9.22 Å². The van der Waals surface area contributed by atoms with Crippen molar-refractivity contribution >= 4 is 14.8 Å². The van der Waals surface area contributed by atoms with Crippen molar-refractivity contribution in [1.82, 2.24) is 0 Å². The second-order valence-electron chi connectivity index (χ2n) is 11.9. The Morgan fingerprint density at radius 2 is 1.86 bits per heavy atom. The van der Waals surface area contributed by atoms with Gasteiger partial charge in [-0.25, -0.2) is 0 Å². The molecule has 3 fully saturated rings. The molecule has 0 spiro atoms. The number of carbonyl (C=O) groups is 1. The highest BCUT2D eigenvalue weighted by atomic mass is 28.3. The Balaban J connectivity index is 1.74. The fraction of sp³-hybridized carbons (Fsp3) is 0.880. The number of rotatable bonds is 3.